The summed E-state index contributed by atoms with van der Waals surface area (Å²) in [5.74, 6) is -1.13. The van der Waals surface area contributed by atoms with Crippen LogP contribution >= 0.6 is 0 Å². The Balaban J connectivity index is 1.49. The SMILES string of the molecule is CC(C)(C)c1ccc(NC(=O)c2ccc3c(c2)ncn3Cc2ccc(C(=O)O)cc2)cc1. The maximum Gasteiger partial charge on any atom is 0.335 e. The number of hydrogen-bond donors (Lipinski definition) is 2. The molecule has 2 N–H and O–H groups in total. The first-order valence-electron chi connectivity index (χ1n) is 10.4. The van der Waals surface area contributed by atoms with Gasteiger partial charge >= 0.3 is 5.97 Å². The zero-order chi connectivity index (χ0) is 22.9. The van der Waals surface area contributed by atoms with Crippen LogP contribution in [0, 0.1) is 0 Å². The Bertz CT molecular complexity index is 1280. The summed E-state index contributed by atoms with van der Waals surface area (Å²) in [5, 5.41) is 12.0. The summed E-state index contributed by atoms with van der Waals surface area (Å²) in [5.41, 5.74) is 5.40. The van der Waals surface area contributed by atoms with Gasteiger partial charge in [0.2, 0.25) is 0 Å². The number of nitrogens with zero attached hydrogens (tertiary/aromatic N) is 2. The molecule has 1 aromatic heterocycles. The lowest BCUT2D eigenvalue weighted by molar-refractivity contribution is 0.0696. The molecule has 3 aromatic carbocycles. The highest BCUT2D eigenvalue weighted by Gasteiger charge is 2.14. The van der Waals surface area contributed by atoms with Gasteiger partial charge in [-0.3, -0.25) is 4.79 Å². The molecule has 0 aliphatic carbocycles. The van der Waals surface area contributed by atoms with E-state index >= 15 is 0 Å². The molecule has 0 fully saturated rings. The largest absolute Gasteiger partial charge is 0.478 e. The van der Waals surface area contributed by atoms with Crippen molar-refractivity contribution in [2.45, 2.75) is 32.7 Å². The quantitative estimate of drug-likeness (QED) is 0.451. The number of imidazole rings is 1. The van der Waals surface area contributed by atoms with Crippen molar-refractivity contribution in [1.82, 2.24) is 9.55 Å². The lowest BCUT2D eigenvalue weighted by atomic mass is 9.87. The van der Waals surface area contributed by atoms with Crippen LogP contribution < -0.4 is 5.32 Å². The normalized spacial score (nSPS) is 11.5. The molecule has 0 bridgehead atoms. The molecule has 6 heteroatoms. The maximum absolute atomic E-state index is 12.7. The fourth-order valence-electron chi connectivity index (χ4n) is 3.54. The van der Waals surface area contributed by atoms with Crippen molar-refractivity contribution in [3.8, 4) is 0 Å². The molecule has 0 unspecified atom stereocenters. The minimum Gasteiger partial charge on any atom is -0.478 e. The molecule has 0 saturated carbocycles. The van der Waals surface area contributed by atoms with Gasteiger partial charge in [-0.25, -0.2) is 9.78 Å². The molecular weight excluding hydrogens is 402 g/mol. The Morgan fingerprint density at radius 1 is 0.938 bits per heavy atom. The van der Waals surface area contributed by atoms with E-state index in [0.717, 1.165) is 22.3 Å². The van der Waals surface area contributed by atoms with E-state index in [1.807, 2.05) is 34.9 Å². The highest BCUT2D eigenvalue weighted by molar-refractivity contribution is 6.06. The Morgan fingerprint density at radius 2 is 1.59 bits per heavy atom. The first-order chi connectivity index (χ1) is 15.2. The van der Waals surface area contributed by atoms with Gasteiger partial charge in [-0.2, -0.15) is 0 Å². The summed E-state index contributed by atoms with van der Waals surface area (Å²) in [6.07, 6.45) is 1.72. The molecule has 1 amide bonds. The van der Waals surface area contributed by atoms with Crippen molar-refractivity contribution in [3.63, 3.8) is 0 Å². The van der Waals surface area contributed by atoms with Gasteiger partial charge in [-0.1, -0.05) is 45.0 Å². The third-order valence-electron chi connectivity index (χ3n) is 5.45. The van der Waals surface area contributed by atoms with Crippen LogP contribution in [0.5, 0.6) is 0 Å². The van der Waals surface area contributed by atoms with Crippen molar-refractivity contribution >= 4 is 28.6 Å². The first kappa shape index (κ1) is 21.3. The van der Waals surface area contributed by atoms with E-state index in [1.165, 1.54) is 5.56 Å². The first-order valence-corrected chi connectivity index (χ1v) is 10.4. The number of nitrogens with one attached hydrogen (secondary N) is 1. The second kappa shape index (κ2) is 8.30. The van der Waals surface area contributed by atoms with Gasteiger partial charge in [-0.15, -0.1) is 0 Å². The van der Waals surface area contributed by atoms with Crippen LogP contribution in [-0.4, -0.2) is 26.5 Å². The number of aromatic nitrogens is 2. The van der Waals surface area contributed by atoms with Gasteiger partial charge in [0, 0.05) is 17.8 Å². The second-order valence-corrected chi connectivity index (χ2v) is 8.86. The summed E-state index contributed by atoms with van der Waals surface area (Å²) < 4.78 is 1.97. The number of anilines is 1. The number of carbonyl (C=O) groups is 2. The molecule has 4 aromatic rings. The predicted octanol–water partition coefficient (Wildman–Crippen LogP) is 5.33. The number of fused-ring (bicyclic) bond motifs is 1. The Labute approximate surface area is 186 Å². The number of benzene rings is 3. The van der Waals surface area contributed by atoms with E-state index < -0.39 is 5.97 Å². The van der Waals surface area contributed by atoms with Crippen LogP contribution in [0.1, 0.15) is 52.6 Å². The van der Waals surface area contributed by atoms with E-state index in [4.69, 9.17) is 5.11 Å². The highest BCUT2D eigenvalue weighted by Crippen LogP contribution is 2.24. The summed E-state index contributed by atoms with van der Waals surface area (Å²) in [6, 6.07) is 20.1. The lowest BCUT2D eigenvalue weighted by Crippen LogP contribution is -2.13. The minimum absolute atomic E-state index is 0.0602. The van der Waals surface area contributed by atoms with Crippen LogP contribution in [0.25, 0.3) is 11.0 Å². The smallest absolute Gasteiger partial charge is 0.335 e. The standard InChI is InChI=1S/C26H25N3O3/c1-26(2,3)20-9-11-21(12-10-20)28-24(30)19-8-13-23-22(14-19)27-16-29(23)15-17-4-6-18(7-5-17)25(31)32/h4-14,16H,15H2,1-3H3,(H,28,30)(H,31,32). The summed E-state index contributed by atoms with van der Waals surface area (Å²) in [7, 11) is 0. The highest BCUT2D eigenvalue weighted by atomic mass is 16.4. The van der Waals surface area contributed by atoms with Crippen LogP contribution in [-0.2, 0) is 12.0 Å². The molecule has 0 atom stereocenters. The number of rotatable bonds is 5. The van der Waals surface area contributed by atoms with Gasteiger partial charge in [0.1, 0.15) is 0 Å². The van der Waals surface area contributed by atoms with E-state index in [0.29, 0.717) is 12.1 Å². The lowest BCUT2D eigenvalue weighted by Gasteiger charge is -2.19. The maximum atomic E-state index is 12.7. The number of hydrogen-bond acceptors (Lipinski definition) is 3. The molecule has 1 heterocycles. The molecule has 4 rings (SSSR count). The van der Waals surface area contributed by atoms with Gasteiger partial charge in [-0.05, 0) is 59.0 Å². The topological polar surface area (TPSA) is 84.2 Å². The molecule has 0 radical (unpaired) electrons. The second-order valence-electron chi connectivity index (χ2n) is 8.86. The van der Waals surface area contributed by atoms with Crippen LogP contribution in [0.2, 0.25) is 0 Å². The van der Waals surface area contributed by atoms with Crippen LogP contribution in [0.4, 0.5) is 5.69 Å². The van der Waals surface area contributed by atoms with E-state index in [1.54, 1.807) is 42.7 Å². The number of amides is 1. The summed E-state index contributed by atoms with van der Waals surface area (Å²) in [6.45, 7) is 7.02. The summed E-state index contributed by atoms with van der Waals surface area (Å²) >= 11 is 0. The Hall–Kier alpha value is -3.93. The molecule has 6 nitrogen and oxygen atoms in total. The predicted molar refractivity (Wildman–Crippen MR) is 125 cm³/mol. The van der Waals surface area contributed by atoms with Gasteiger partial charge in [0.25, 0.3) is 5.91 Å². The fourth-order valence-corrected chi connectivity index (χ4v) is 3.54. The number of carbonyl (C=O) groups excluding carboxylic acids is 1. The average molecular weight is 428 g/mol. The van der Waals surface area contributed by atoms with Crippen LogP contribution in [0.15, 0.2) is 73.1 Å². The van der Waals surface area contributed by atoms with Crippen molar-refractivity contribution in [2.75, 3.05) is 5.32 Å². The van der Waals surface area contributed by atoms with Crippen molar-refractivity contribution < 1.29 is 14.7 Å². The number of carboxylic acids is 1. The van der Waals surface area contributed by atoms with Crippen LogP contribution in [0.3, 0.4) is 0 Å². The molecular formula is C26H25N3O3. The molecule has 0 saturated heterocycles. The monoisotopic (exact) mass is 427 g/mol. The number of carboxylic acid groups (broad SMARTS) is 1. The Kier molecular flexibility index (Phi) is 5.53. The van der Waals surface area contributed by atoms with E-state index in [-0.39, 0.29) is 16.9 Å². The number of aromatic carboxylic acids is 1. The van der Waals surface area contributed by atoms with Gasteiger partial charge in [0.05, 0.1) is 22.9 Å². The van der Waals surface area contributed by atoms with Gasteiger partial charge in [0.15, 0.2) is 0 Å². The molecule has 32 heavy (non-hydrogen) atoms. The minimum atomic E-state index is -0.944. The van der Waals surface area contributed by atoms with Crippen molar-refractivity contribution in [1.29, 1.82) is 0 Å². The molecule has 0 aliphatic rings. The van der Waals surface area contributed by atoms with Crippen molar-refractivity contribution in [3.05, 3.63) is 95.3 Å². The third-order valence-corrected chi connectivity index (χ3v) is 5.45. The summed E-state index contributed by atoms with van der Waals surface area (Å²) in [4.78, 5) is 28.2. The van der Waals surface area contributed by atoms with E-state index in [2.05, 4.69) is 31.1 Å². The van der Waals surface area contributed by atoms with Crippen molar-refractivity contribution in [2.24, 2.45) is 0 Å². The molecule has 0 aliphatic heterocycles. The zero-order valence-electron chi connectivity index (χ0n) is 18.3. The fraction of sp³-hybridized carbons (Fsp3) is 0.192. The molecule has 162 valence electrons. The molecule has 0 spiro atoms. The van der Waals surface area contributed by atoms with E-state index in [9.17, 15) is 9.59 Å². The average Bonchev–Trinajstić information content (AvgIpc) is 3.16. The van der Waals surface area contributed by atoms with Gasteiger partial charge < -0.3 is 15.0 Å². The third kappa shape index (κ3) is 4.54. The Morgan fingerprint density at radius 3 is 2.22 bits per heavy atom. The zero-order valence-corrected chi connectivity index (χ0v) is 18.3.